The lowest BCUT2D eigenvalue weighted by Crippen LogP contribution is -2.35. The van der Waals surface area contributed by atoms with Crippen molar-refractivity contribution in [2.24, 2.45) is 23.5 Å². The van der Waals surface area contributed by atoms with Crippen molar-refractivity contribution in [1.29, 1.82) is 0 Å². The van der Waals surface area contributed by atoms with Crippen LogP contribution >= 0.6 is 0 Å². The van der Waals surface area contributed by atoms with Gasteiger partial charge in [0.1, 0.15) is 0 Å². The number of hydrogen-bond acceptors (Lipinski definition) is 2. The monoisotopic (exact) mass is 240 g/mol. The Morgan fingerprint density at radius 2 is 2.12 bits per heavy atom. The van der Waals surface area contributed by atoms with Gasteiger partial charge in [0.05, 0.1) is 0 Å². The van der Waals surface area contributed by atoms with Gasteiger partial charge in [0.25, 0.3) is 0 Å². The summed E-state index contributed by atoms with van der Waals surface area (Å²) >= 11 is 0. The lowest BCUT2D eigenvalue weighted by atomic mass is 9.95. The Morgan fingerprint density at radius 1 is 1.41 bits per heavy atom. The summed E-state index contributed by atoms with van der Waals surface area (Å²) in [5, 5.41) is 3.10. The molecule has 0 saturated heterocycles. The number of rotatable bonds is 7. The van der Waals surface area contributed by atoms with Crippen molar-refractivity contribution >= 4 is 5.91 Å². The lowest BCUT2D eigenvalue weighted by molar-refractivity contribution is -0.124. The van der Waals surface area contributed by atoms with Crippen LogP contribution in [-0.2, 0) is 4.79 Å². The molecule has 0 bridgehead atoms. The molecule has 1 rings (SSSR count). The molecule has 100 valence electrons. The summed E-state index contributed by atoms with van der Waals surface area (Å²) in [5.41, 5.74) is 5.74. The van der Waals surface area contributed by atoms with E-state index >= 15 is 0 Å². The first-order chi connectivity index (χ1) is 8.19. The number of carbonyl (C=O) groups is 1. The summed E-state index contributed by atoms with van der Waals surface area (Å²) in [6, 6.07) is 0. The Bertz CT molecular complexity index is 230. The molecule has 0 spiro atoms. The van der Waals surface area contributed by atoms with Gasteiger partial charge in [-0.2, -0.15) is 0 Å². The molecule has 1 amide bonds. The van der Waals surface area contributed by atoms with Gasteiger partial charge in [-0.3, -0.25) is 4.79 Å². The molecule has 1 saturated carbocycles. The normalized spacial score (nSPS) is 25.8. The first-order valence-corrected chi connectivity index (χ1v) is 7.16. The SMILES string of the molecule is CCCCC(C)C(=O)NCC1CCCC1CN. The van der Waals surface area contributed by atoms with Crippen molar-refractivity contribution in [3.05, 3.63) is 0 Å². The van der Waals surface area contributed by atoms with E-state index in [0.29, 0.717) is 11.8 Å². The number of nitrogens with one attached hydrogen (secondary N) is 1. The number of hydrogen-bond donors (Lipinski definition) is 2. The van der Waals surface area contributed by atoms with Gasteiger partial charge in [0.15, 0.2) is 0 Å². The average Bonchev–Trinajstić information content (AvgIpc) is 2.80. The van der Waals surface area contributed by atoms with E-state index in [-0.39, 0.29) is 11.8 Å². The van der Waals surface area contributed by atoms with Crippen LogP contribution in [0.2, 0.25) is 0 Å². The predicted octanol–water partition coefficient (Wildman–Crippen LogP) is 2.30. The Labute approximate surface area is 106 Å². The van der Waals surface area contributed by atoms with Crippen molar-refractivity contribution in [1.82, 2.24) is 5.32 Å². The molecule has 3 nitrogen and oxygen atoms in total. The van der Waals surface area contributed by atoms with Crippen molar-refractivity contribution in [3.63, 3.8) is 0 Å². The molecular weight excluding hydrogens is 212 g/mol. The number of amides is 1. The van der Waals surface area contributed by atoms with Gasteiger partial charge < -0.3 is 11.1 Å². The summed E-state index contributed by atoms with van der Waals surface area (Å²) in [7, 11) is 0. The highest BCUT2D eigenvalue weighted by Gasteiger charge is 2.26. The number of unbranched alkanes of at least 4 members (excludes halogenated alkanes) is 1. The third kappa shape index (κ3) is 4.66. The van der Waals surface area contributed by atoms with E-state index in [2.05, 4.69) is 12.2 Å². The van der Waals surface area contributed by atoms with Gasteiger partial charge in [-0.05, 0) is 37.6 Å². The Hall–Kier alpha value is -0.570. The zero-order valence-corrected chi connectivity index (χ0v) is 11.4. The van der Waals surface area contributed by atoms with Crippen LogP contribution in [0, 0.1) is 17.8 Å². The molecular formula is C14H28N2O. The molecule has 3 N–H and O–H groups in total. The molecule has 0 aromatic carbocycles. The van der Waals surface area contributed by atoms with Crippen molar-refractivity contribution in [3.8, 4) is 0 Å². The highest BCUT2D eigenvalue weighted by atomic mass is 16.1. The van der Waals surface area contributed by atoms with Gasteiger partial charge in [-0.15, -0.1) is 0 Å². The molecule has 3 heteroatoms. The predicted molar refractivity (Wildman–Crippen MR) is 71.6 cm³/mol. The summed E-state index contributed by atoms with van der Waals surface area (Å²) in [6.07, 6.45) is 7.05. The van der Waals surface area contributed by atoms with Crippen molar-refractivity contribution in [2.45, 2.75) is 52.4 Å². The second-order valence-corrected chi connectivity index (χ2v) is 5.48. The molecule has 3 atom stereocenters. The fourth-order valence-electron chi connectivity index (χ4n) is 2.74. The summed E-state index contributed by atoms with van der Waals surface area (Å²) in [6.45, 7) is 5.79. The van der Waals surface area contributed by atoms with E-state index in [0.717, 1.165) is 32.4 Å². The average molecular weight is 240 g/mol. The maximum Gasteiger partial charge on any atom is 0.222 e. The maximum absolute atomic E-state index is 11.9. The van der Waals surface area contributed by atoms with E-state index in [1.165, 1.54) is 19.3 Å². The molecule has 0 aromatic rings. The standard InChI is InChI=1S/C14H28N2O/c1-3-4-6-11(2)14(17)16-10-13-8-5-7-12(13)9-15/h11-13H,3-10,15H2,1-2H3,(H,16,17). The Morgan fingerprint density at radius 3 is 2.76 bits per heavy atom. The molecule has 17 heavy (non-hydrogen) atoms. The van der Waals surface area contributed by atoms with E-state index in [1.54, 1.807) is 0 Å². The number of carbonyl (C=O) groups excluding carboxylic acids is 1. The van der Waals surface area contributed by atoms with Crippen LogP contribution < -0.4 is 11.1 Å². The quantitative estimate of drug-likeness (QED) is 0.717. The molecule has 0 aromatic heterocycles. The van der Waals surface area contributed by atoms with E-state index in [9.17, 15) is 4.79 Å². The van der Waals surface area contributed by atoms with Crippen LogP contribution in [0.5, 0.6) is 0 Å². The summed E-state index contributed by atoms with van der Waals surface area (Å²) < 4.78 is 0. The van der Waals surface area contributed by atoms with Crippen LogP contribution in [0.25, 0.3) is 0 Å². The smallest absolute Gasteiger partial charge is 0.222 e. The van der Waals surface area contributed by atoms with Crippen LogP contribution in [0.3, 0.4) is 0 Å². The van der Waals surface area contributed by atoms with Crippen LogP contribution in [0.1, 0.15) is 52.4 Å². The fraction of sp³-hybridized carbons (Fsp3) is 0.929. The van der Waals surface area contributed by atoms with Gasteiger partial charge >= 0.3 is 0 Å². The largest absolute Gasteiger partial charge is 0.356 e. The van der Waals surface area contributed by atoms with Crippen LogP contribution in [0.15, 0.2) is 0 Å². The van der Waals surface area contributed by atoms with Gasteiger partial charge in [-0.1, -0.05) is 33.1 Å². The van der Waals surface area contributed by atoms with Crippen molar-refractivity contribution < 1.29 is 4.79 Å². The lowest BCUT2D eigenvalue weighted by Gasteiger charge is -2.19. The Kier molecular flexibility index (Phi) is 6.56. The minimum atomic E-state index is 0.160. The summed E-state index contributed by atoms with van der Waals surface area (Å²) in [4.78, 5) is 11.9. The van der Waals surface area contributed by atoms with Crippen LogP contribution in [0.4, 0.5) is 0 Å². The molecule has 0 radical (unpaired) electrons. The van der Waals surface area contributed by atoms with Gasteiger partial charge in [-0.25, -0.2) is 0 Å². The minimum Gasteiger partial charge on any atom is -0.356 e. The highest BCUT2D eigenvalue weighted by Crippen LogP contribution is 2.30. The zero-order valence-electron chi connectivity index (χ0n) is 11.4. The first kappa shape index (κ1) is 14.5. The number of nitrogens with two attached hydrogens (primary N) is 1. The molecule has 0 aliphatic heterocycles. The summed E-state index contributed by atoms with van der Waals surface area (Å²) in [5.74, 6) is 1.62. The minimum absolute atomic E-state index is 0.160. The molecule has 0 heterocycles. The van der Waals surface area contributed by atoms with E-state index < -0.39 is 0 Å². The van der Waals surface area contributed by atoms with Gasteiger partial charge in [0.2, 0.25) is 5.91 Å². The van der Waals surface area contributed by atoms with E-state index in [1.807, 2.05) is 6.92 Å². The second kappa shape index (κ2) is 7.70. The third-order valence-electron chi connectivity index (χ3n) is 4.10. The maximum atomic E-state index is 11.9. The Balaban J connectivity index is 2.22. The highest BCUT2D eigenvalue weighted by molar-refractivity contribution is 5.78. The van der Waals surface area contributed by atoms with E-state index in [4.69, 9.17) is 5.73 Å². The van der Waals surface area contributed by atoms with Crippen LogP contribution in [-0.4, -0.2) is 19.0 Å². The molecule has 1 fully saturated rings. The first-order valence-electron chi connectivity index (χ1n) is 7.16. The van der Waals surface area contributed by atoms with Gasteiger partial charge in [0, 0.05) is 12.5 Å². The second-order valence-electron chi connectivity index (χ2n) is 5.48. The molecule has 1 aliphatic carbocycles. The third-order valence-corrected chi connectivity index (χ3v) is 4.10. The molecule has 3 unspecified atom stereocenters. The topological polar surface area (TPSA) is 55.1 Å². The zero-order chi connectivity index (χ0) is 12.7. The molecule has 1 aliphatic rings. The fourth-order valence-corrected chi connectivity index (χ4v) is 2.74. The van der Waals surface area contributed by atoms with Crippen molar-refractivity contribution in [2.75, 3.05) is 13.1 Å².